The minimum Gasteiger partial charge on any atom is -0.463 e. The topological polar surface area (TPSA) is 72.5 Å². The molecule has 0 fully saturated rings. The van der Waals surface area contributed by atoms with E-state index in [-0.39, 0.29) is 5.97 Å². The van der Waals surface area contributed by atoms with E-state index < -0.39 is 0 Å². The van der Waals surface area contributed by atoms with Crippen molar-refractivity contribution in [2.24, 2.45) is 0 Å². The summed E-state index contributed by atoms with van der Waals surface area (Å²) in [5.74, 6) is -0.170. The molecular formula is C30H60O7. The highest BCUT2D eigenvalue weighted by Crippen LogP contribution is 2.12. The standard InChI is InChI=1S/C30H60O7/c1-3-5-6-7-8-9-10-11-12-13-14-15-16-17-19-32-20-21-33-22-23-34-24-25-35-26-27-36-28-29-37-30(31)18-4-2/h3-29H2,1-2H3. The van der Waals surface area contributed by atoms with E-state index in [2.05, 4.69) is 6.92 Å². The van der Waals surface area contributed by atoms with Crippen molar-refractivity contribution in [1.82, 2.24) is 0 Å². The molecule has 0 N–H and O–H groups in total. The van der Waals surface area contributed by atoms with Crippen LogP contribution in [-0.4, -0.2) is 78.6 Å². The Balaban J connectivity index is 3.04. The Labute approximate surface area is 228 Å². The van der Waals surface area contributed by atoms with Crippen molar-refractivity contribution in [1.29, 1.82) is 0 Å². The molecule has 0 heterocycles. The molecule has 7 heteroatoms. The molecule has 0 aromatic rings. The first-order valence-corrected chi connectivity index (χ1v) is 15.4. The molecule has 7 nitrogen and oxygen atoms in total. The molecule has 0 amide bonds. The fourth-order valence-electron chi connectivity index (χ4n) is 3.87. The van der Waals surface area contributed by atoms with E-state index in [0.717, 1.165) is 19.4 Å². The molecule has 0 aliphatic carbocycles. The summed E-state index contributed by atoms with van der Waals surface area (Å²) < 4.78 is 32.4. The predicted molar refractivity (Wildman–Crippen MR) is 150 cm³/mol. The van der Waals surface area contributed by atoms with Crippen molar-refractivity contribution in [3.63, 3.8) is 0 Å². The quantitative estimate of drug-likeness (QED) is 0.0689. The molecular weight excluding hydrogens is 472 g/mol. The monoisotopic (exact) mass is 532 g/mol. The number of hydrogen-bond donors (Lipinski definition) is 0. The fourth-order valence-corrected chi connectivity index (χ4v) is 3.87. The van der Waals surface area contributed by atoms with Gasteiger partial charge in [-0.15, -0.1) is 0 Å². The molecule has 0 bridgehead atoms. The molecule has 0 radical (unpaired) electrons. The summed E-state index contributed by atoms with van der Waals surface area (Å²) in [7, 11) is 0. The van der Waals surface area contributed by atoms with Gasteiger partial charge in [0.25, 0.3) is 0 Å². The highest BCUT2D eigenvalue weighted by atomic mass is 16.6. The molecule has 0 atom stereocenters. The van der Waals surface area contributed by atoms with Gasteiger partial charge in [-0.1, -0.05) is 97.3 Å². The Morgan fingerprint density at radius 3 is 1.08 bits per heavy atom. The number of unbranched alkanes of at least 4 members (excludes halogenated alkanes) is 13. The van der Waals surface area contributed by atoms with E-state index in [1.165, 1.54) is 83.5 Å². The van der Waals surface area contributed by atoms with Crippen LogP contribution in [0.25, 0.3) is 0 Å². The Hall–Kier alpha value is -0.730. The van der Waals surface area contributed by atoms with Crippen molar-refractivity contribution >= 4 is 5.97 Å². The van der Waals surface area contributed by atoms with Gasteiger partial charge in [0.2, 0.25) is 0 Å². The zero-order chi connectivity index (χ0) is 26.9. The first-order chi connectivity index (χ1) is 18.3. The van der Waals surface area contributed by atoms with Gasteiger partial charge in [-0.2, -0.15) is 0 Å². The number of carbonyl (C=O) groups excluding carboxylic acids is 1. The maximum absolute atomic E-state index is 11.2. The van der Waals surface area contributed by atoms with E-state index in [9.17, 15) is 4.79 Å². The van der Waals surface area contributed by atoms with Gasteiger partial charge in [-0.3, -0.25) is 4.79 Å². The van der Waals surface area contributed by atoms with Crippen LogP contribution in [0.4, 0.5) is 0 Å². The molecule has 0 aliphatic heterocycles. The van der Waals surface area contributed by atoms with Gasteiger partial charge in [0.05, 0.1) is 59.5 Å². The summed E-state index contributed by atoms with van der Waals surface area (Å²) in [6, 6.07) is 0. The number of esters is 1. The van der Waals surface area contributed by atoms with Crippen molar-refractivity contribution in [3.05, 3.63) is 0 Å². The molecule has 0 unspecified atom stereocenters. The Kier molecular flexibility index (Phi) is 32.6. The third-order valence-corrected chi connectivity index (χ3v) is 6.08. The molecule has 0 saturated carbocycles. The van der Waals surface area contributed by atoms with Crippen LogP contribution in [0.15, 0.2) is 0 Å². The van der Waals surface area contributed by atoms with Crippen LogP contribution in [0.2, 0.25) is 0 Å². The molecule has 0 rings (SSSR count). The zero-order valence-corrected chi connectivity index (χ0v) is 24.4. The Bertz CT molecular complexity index is 434. The van der Waals surface area contributed by atoms with Crippen LogP contribution in [-0.2, 0) is 33.2 Å². The predicted octanol–water partition coefficient (Wildman–Crippen LogP) is 6.89. The number of hydrogen-bond acceptors (Lipinski definition) is 7. The van der Waals surface area contributed by atoms with E-state index in [1.807, 2.05) is 6.92 Å². The maximum atomic E-state index is 11.2. The summed E-state index contributed by atoms with van der Waals surface area (Å²) in [5.41, 5.74) is 0. The zero-order valence-electron chi connectivity index (χ0n) is 24.4. The SMILES string of the molecule is CCCCCCCCCCCCCCCCOCCOCCOCCOCCOCCOC(=O)CCC. The molecule has 0 aromatic heterocycles. The molecule has 37 heavy (non-hydrogen) atoms. The molecule has 0 spiro atoms. The minimum atomic E-state index is -0.170. The van der Waals surface area contributed by atoms with Gasteiger partial charge < -0.3 is 28.4 Å². The van der Waals surface area contributed by atoms with Crippen LogP contribution in [0, 0.1) is 0 Å². The largest absolute Gasteiger partial charge is 0.463 e. The summed E-state index contributed by atoms with van der Waals surface area (Å²) in [6.45, 7) is 10.2. The summed E-state index contributed by atoms with van der Waals surface area (Å²) in [6.07, 6.45) is 20.6. The van der Waals surface area contributed by atoms with Gasteiger partial charge in [-0.25, -0.2) is 0 Å². The second kappa shape index (κ2) is 33.3. The van der Waals surface area contributed by atoms with Crippen LogP contribution in [0.5, 0.6) is 0 Å². The van der Waals surface area contributed by atoms with Crippen LogP contribution < -0.4 is 0 Å². The number of carbonyl (C=O) groups is 1. The summed E-state index contributed by atoms with van der Waals surface area (Å²) in [4.78, 5) is 11.2. The summed E-state index contributed by atoms with van der Waals surface area (Å²) in [5, 5.41) is 0. The van der Waals surface area contributed by atoms with E-state index in [4.69, 9.17) is 28.4 Å². The van der Waals surface area contributed by atoms with Gasteiger partial charge >= 0.3 is 5.97 Å². The van der Waals surface area contributed by atoms with Crippen LogP contribution >= 0.6 is 0 Å². The van der Waals surface area contributed by atoms with E-state index >= 15 is 0 Å². The second-order valence-corrected chi connectivity index (χ2v) is 9.63. The lowest BCUT2D eigenvalue weighted by atomic mass is 10.0. The van der Waals surface area contributed by atoms with Crippen LogP contribution in [0.3, 0.4) is 0 Å². The van der Waals surface area contributed by atoms with E-state index in [0.29, 0.717) is 72.5 Å². The fraction of sp³-hybridized carbons (Fsp3) is 0.967. The highest BCUT2D eigenvalue weighted by Gasteiger charge is 2.00. The maximum Gasteiger partial charge on any atom is 0.305 e. The Morgan fingerprint density at radius 1 is 0.378 bits per heavy atom. The second-order valence-electron chi connectivity index (χ2n) is 9.63. The van der Waals surface area contributed by atoms with Crippen molar-refractivity contribution < 1.29 is 33.2 Å². The number of ether oxygens (including phenoxy) is 6. The first kappa shape index (κ1) is 36.3. The summed E-state index contributed by atoms with van der Waals surface area (Å²) >= 11 is 0. The van der Waals surface area contributed by atoms with Gasteiger partial charge in [0.15, 0.2) is 0 Å². The normalized spacial score (nSPS) is 11.3. The van der Waals surface area contributed by atoms with Gasteiger partial charge in [0, 0.05) is 13.0 Å². The van der Waals surface area contributed by atoms with Crippen LogP contribution in [0.1, 0.15) is 117 Å². The third-order valence-electron chi connectivity index (χ3n) is 6.08. The molecule has 0 aliphatic rings. The average molecular weight is 533 g/mol. The minimum absolute atomic E-state index is 0.170. The third kappa shape index (κ3) is 33.2. The molecule has 0 saturated heterocycles. The van der Waals surface area contributed by atoms with Gasteiger partial charge in [0.1, 0.15) is 6.61 Å². The number of rotatable bonds is 32. The molecule has 0 aromatic carbocycles. The molecule has 222 valence electrons. The van der Waals surface area contributed by atoms with Crippen molar-refractivity contribution in [2.75, 3.05) is 72.7 Å². The lowest BCUT2D eigenvalue weighted by Crippen LogP contribution is -2.15. The highest BCUT2D eigenvalue weighted by molar-refractivity contribution is 5.69. The smallest absolute Gasteiger partial charge is 0.305 e. The lowest BCUT2D eigenvalue weighted by Gasteiger charge is -2.08. The van der Waals surface area contributed by atoms with Gasteiger partial charge in [-0.05, 0) is 12.8 Å². The van der Waals surface area contributed by atoms with Crippen molar-refractivity contribution in [3.8, 4) is 0 Å². The Morgan fingerprint density at radius 2 is 0.703 bits per heavy atom. The van der Waals surface area contributed by atoms with E-state index in [1.54, 1.807) is 0 Å². The average Bonchev–Trinajstić information content (AvgIpc) is 2.90. The first-order valence-electron chi connectivity index (χ1n) is 15.4. The lowest BCUT2D eigenvalue weighted by molar-refractivity contribution is -0.145. The van der Waals surface area contributed by atoms with Crippen molar-refractivity contribution in [2.45, 2.75) is 117 Å².